The van der Waals surface area contributed by atoms with Crippen molar-refractivity contribution in [2.75, 3.05) is 0 Å². The summed E-state index contributed by atoms with van der Waals surface area (Å²) in [5.74, 6) is 2.85. The number of rotatable bonds is 3. The molecule has 1 N–H and O–H groups in total. The van der Waals surface area contributed by atoms with Crippen LogP contribution in [-0.2, 0) is 6.54 Å². The number of hydrogen-bond donors (Lipinski definition) is 1. The maximum absolute atomic E-state index is 9.68. The first kappa shape index (κ1) is 10.4. The van der Waals surface area contributed by atoms with Gasteiger partial charge in [-0.2, -0.15) is 0 Å². The molecule has 3 rings (SSSR count). The topological polar surface area (TPSA) is 25.2 Å². The van der Waals surface area contributed by atoms with E-state index in [0.29, 0.717) is 0 Å². The van der Waals surface area contributed by atoms with Crippen molar-refractivity contribution in [3.05, 3.63) is 24.0 Å². The van der Waals surface area contributed by atoms with Crippen LogP contribution in [0.4, 0.5) is 0 Å². The van der Waals surface area contributed by atoms with Gasteiger partial charge in [0.15, 0.2) is 0 Å². The fourth-order valence-corrected chi connectivity index (χ4v) is 3.83. The van der Waals surface area contributed by atoms with Gasteiger partial charge in [0.05, 0.1) is 6.10 Å². The van der Waals surface area contributed by atoms with Crippen molar-refractivity contribution in [3.8, 4) is 0 Å². The van der Waals surface area contributed by atoms with Crippen LogP contribution in [0.2, 0.25) is 0 Å². The van der Waals surface area contributed by atoms with Gasteiger partial charge in [-0.15, -0.1) is 0 Å². The standard InChI is InChI=1S/C14H21NO/c1-10(16)14-3-2-6-15(14)9-13-8-11-4-5-12(13)7-11/h2-3,6,10-13,16H,4-5,7-9H2,1H3. The molecule has 2 fully saturated rings. The molecular weight excluding hydrogens is 198 g/mol. The lowest BCUT2D eigenvalue weighted by Gasteiger charge is -2.23. The normalized spacial score (nSPS) is 34.5. The molecule has 88 valence electrons. The molecule has 0 spiro atoms. The van der Waals surface area contributed by atoms with Crippen molar-refractivity contribution >= 4 is 0 Å². The predicted molar refractivity (Wildman–Crippen MR) is 64.0 cm³/mol. The summed E-state index contributed by atoms with van der Waals surface area (Å²) in [6.45, 7) is 2.97. The monoisotopic (exact) mass is 219 g/mol. The van der Waals surface area contributed by atoms with E-state index in [1.165, 1.54) is 25.7 Å². The fourth-order valence-electron chi connectivity index (χ4n) is 3.83. The van der Waals surface area contributed by atoms with Gasteiger partial charge in [0, 0.05) is 18.4 Å². The zero-order valence-corrected chi connectivity index (χ0v) is 9.97. The van der Waals surface area contributed by atoms with Crippen molar-refractivity contribution in [3.63, 3.8) is 0 Å². The van der Waals surface area contributed by atoms with Crippen LogP contribution in [0.5, 0.6) is 0 Å². The van der Waals surface area contributed by atoms with E-state index >= 15 is 0 Å². The van der Waals surface area contributed by atoms with E-state index in [-0.39, 0.29) is 6.10 Å². The highest BCUT2D eigenvalue weighted by Gasteiger charge is 2.39. The van der Waals surface area contributed by atoms with Crippen molar-refractivity contribution < 1.29 is 5.11 Å². The molecule has 2 saturated carbocycles. The molecule has 2 nitrogen and oxygen atoms in total. The van der Waals surface area contributed by atoms with Crippen molar-refractivity contribution in [2.24, 2.45) is 17.8 Å². The molecule has 0 aliphatic heterocycles. The SMILES string of the molecule is CC(O)c1cccn1CC1CC2CCC1C2. The lowest BCUT2D eigenvalue weighted by atomic mass is 9.89. The highest BCUT2D eigenvalue weighted by atomic mass is 16.3. The number of aliphatic hydroxyl groups excluding tert-OH is 1. The van der Waals surface area contributed by atoms with Gasteiger partial charge in [-0.1, -0.05) is 6.42 Å². The van der Waals surface area contributed by atoms with E-state index in [1.54, 1.807) is 0 Å². The van der Waals surface area contributed by atoms with Gasteiger partial charge in [-0.25, -0.2) is 0 Å². The summed E-state index contributed by atoms with van der Waals surface area (Å²) < 4.78 is 2.26. The molecule has 1 aromatic heterocycles. The second-order valence-electron chi connectivity index (χ2n) is 5.70. The van der Waals surface area contributed by atoms with Gasteiger partial charge in [0.25, 0.3) is 0 Å². The zero-order valence-electron chi connectivity index (χ0n) is 9.97. The summed E-state index contributed by atoms with van der Waals surface area (Å²) in [5, 5.41) is 9.68. The predicted octanol–water partition coefficient (Wildman–Crippen LogP) is 2.98. The van der Waals surface area contributed by atoms with Crippen LogP contribution in [0.3, 0.4) is 0 Å². The molecule has 2 aliphatic carbocycles. The Hall–Kier alpha value is -0.760. The van der Waals surface area contributed by atoms with E-state index < -0.39 is 0 Å². The first-order valence-corrected chi connectivity index (χ1v) is 6.57. The molecule has 2 heteroatoms. The zero-order chi connectivity index (χ0) is 11.1. The van der Waals surface area contributed by atoms with E-state index in [2.05, 4.69) is 16.8 Å². The molecule has 1 aromatic rings. The third-order valence-corrected chi connectivity index (χ3v) is 4.61. The first-order chi connectivity index (χ1) is 7.74. The Kier molecular flexibility index (Phi) is 2.55. The second-order valence-corrected chi connectivity index (χ2v) is 5.70. The Morgan fingerprint density at radius 1 is 1.44 bits per heavy atom. The number of hydrogen-bond acceptors (Lipinski definition) is 1. The highest BCUT2D eigenvalue weighted by Crippen LogP contribution is 2.48. The third-order valence-electron chi connectivity index (χ3n) is 4.61. The van der Waals surface area contributed by atoms with Crippen LogP contribution >= 0.6 is 0 Å². The average Bonchev–Trinajstić information content (AvgIpc) is 2.91. The Bertz CT molecular complexity index is 369. The fraction of sp³-hybridized carbons (Fsp3) is 0.714. The maximum atomic E-state index is 9.68. The quantitative estimate of drug-likeness (QED) is 0.830. The summed E-state index contributed by atoms with van der Waals surface area (Å²) in [5.41, 5.74) is 1.07. The van der Waals surface area contributed by atoms with Crippen LogP contribution < -0.4 is 0 Å². The van der Waals surface area contributed by atoms with Gasteiger partial charge in [-0.3, -0.25) is 0 Å². The van der Waals surface area contributed by atoms with E-state index in [0.717, 1.165) is 30.0 Å². The maximum Gasteiger partial charge on any atom is 0.0911 e. The average molecular weight is 219 g/mol. The number of fused-ring (bicyclic) bond motifs is 2. The van der Waals surface area contributed by atoms with Gasteiger partial charge in [0.1, 0.15) is 0 Å². The molecule has 2 aliphatic rings. The molecule has 1 heterocycles. The van der Waals surface area contributed by atoms with Crippen LogP contribution in [0, 0.1) is 17.8 Å². The summed E-state index contributed by atoms with van der Waals surface area (Å²) in [6.07, 6.45) is 7.58. The molecule has 0 saturated heterocycles. The molecule has 0 radical (unpaired) electrons. The smallest absolute Gasteiger partial charge is 0.0911 e. The minimum atomic E-state index is -0.339. The third kappa shape index (κ3) is 1.69. The van der Waals surface area contributed by atoms with Gasteiger partial charge < -0.3 is 9.67 Å². The Morgan fingerprint density at radius 2 is 2.31 bits per heavy atom. The highest BCUT2D eigenvalue weighted by molar-refractivity contribution is 5.10. The molecule has 4 atom stereocenters. The van der Waals surface area contributed by atoms with Crippen LogP contribution in [-0.4, -0.2) is 9.67 Å². The second kappa shape index (κ2) is 3.92. The number of nitrogens with zero attached hydrogens (tertiary/aromatic N) is 1. The molecule has 2 bridgehead atoms. The minimum Gasteiger partial charge on any atom is -0.387 e. The summed E-state index contributed by atoms with van der Waals surface area (Å²) >= 11 is 0. The van der Waals surface area contributed by atoms with E-state index in [1.807, 2.05) is 13.0 Å². The lowest BCUT2D eigenvalue weighted by molar-refractivity contribution is 0.184. The van der Waals surface area contributed by atoms with Crippen molar-refractivity contribution in [1.82, 2.24) is 4.57 Å². The van der Waals surface area contributed by atoms with Gasteiger partial charge in [-0.05, 0) is 56.1 Å². The molecule has 0 aromatic carbocycles. The van der Waals surface area contributed by atoms with Crippen molar-refractivity contribution in [1.29, 1.82) is 0 Å². The van der Waals surface area contributed by atoms with Crippen molar-refractivity contribution in [2.45, 2.75) is 45.3 Å². The summed E-state index contributed by atoms with van der Waals surface area (Å²) in [6, 6.07) is 4.09. The summed E-state index contributed by atoms with van der Waals surface area (Å²) in [4.78, 5) is 0. The van der Waals surface area contributed by atoms with Crippen LogP contribution in [0.25, 0.3) is 0 Å². The first-order valence-electron chi connectivity index (χ1n) is 6.57. The van der Waals surface area contributed by atoms with Crippen LogP contribution in [0.15, 0.2) is 18.3 Å². The van der Waals surface area contributed by atoms with E-state index in [4.69, 9.17) is 0 Å². The Labute approximate surface area is 97.3 Å². The van der Waals surface area contributed by atoms with Gasteiger partial charge >= 0.3 is 0 Å². The van der Waals surface area contributed by atoms with Crippen LogP contribution in [0.1, 0.15) is 44.4 Å². The summed E-state index contributed by atoms with van der Waals surface area (Å²) in [7, 11) is 0. The van der Waals surface area contributed by atoms with Gasteiger partial charge in [0.2, 0.25) is 0 Å². The number of aromatic nitrogens is 1. The molecule has 0 amide bonds. The van der Waals surface area contributed by atoms with E-state index in [9.17, 15) is 5.11 Å². The Morgan fingerprint density at radius 3 is 2.94 bits per heavy atom. The molecule has 4 unspecified atom stereocenters. The molecular formula is C14H21NO. The Balaban J connectivity index is 1.72. The largest absolute Gasteiger partial charge is 0.387 e. The molecule has 16 heavy (non-hydrogen) atoms. The lowest BCUT2D eigenvalue weighted by Crippen LogP contribution is -2.18. The minimum absolute atomic E-state index is 0.339. The number of aliphatic hydroxyl groups is 1.